The average Bonchev–Trinajstić information content (AvgIpc) is 2.46. The molecule has 0 spiro atoms. The zero-order valence-electron chi connectivity index (χ0n) is 11.0. The first-order chi connectivity index (χ1) is 9.65. The lowest BCUT2D eigenvalue weighted by Crippen LogP contribution is -2.35. The predicted octanol–water partition coefficient (Wildman–Crippen LogP) is 2.82. The molecule has 0 radical (unpaired) electrons. The first-order valence-corrected chi connectivity index (χ1v) is 6.62. The molecule has 1 amide bonds. The molecule has 0 saturated carbocycles. The van der Waals surface area contributed by atoms with E-state index in [1.165, 1.54) is 0 Å². The Morgan fingerprint density at radius 1 is 1.35 bits per heavy atom. The van der Waals surface area contributed by atoms with Gasteiger partial charge in [-0.15, -0.1) is 0 Å². The molecule has 1 N–H and O–H groups in total. The first-order valence-electron chi connectivity index (χ1n) is 6.24. The Morgan fingerprint density at radius 3 is 2.80 bits per heavy atom. The van der Waals surface area contributed by atoms with Crippen LogP contribution in [0.15, 0.2) is 48.8 Å². The largest absolute Gasteiger partial charge is 0.481 e. The fourth-order valence-electron chi connectivity index (χ4n) is 1.63. The molecule has 1 aromatic carbocycles. The van der Waals surface area contributed by atoms with Crippen molar-refractivity contribution in [1.82, 2.24) is 10.3 Å². The van der Waals surface area contributed by atoms with Crippen LogP contribution in [-0.2, 0) is 11.3 Å². The van der Waals surface area contributed by atoms with E-state index >= 15 is 0 Å². The number of nitrogens with one attached hydrogen (secondary N) is 1. The van der Waals surface area contributed by atoms with E-state index in [0.29, 0.717) is 17.3 Å². The van der Waals surface area contributed by atoms with Gasteiger partial charge in [0, 0.05) is 24.0 Å². The van der Waals surface area contributed by atoms with Crippen LogP contribution < -0.4 is 10.1 Å². The lowest BCUT2D eigenvalue weighted by atomic mass is 10.2. The number of nitrogens with zero attached hydrogens (tertiary/aromatic N) is 1. The van der Waals surface area contributed by atoms with Crippen molar-refractivity contribution in [3.05, 3.63) is 59.4 Å². The van der Waals surface area contributed by atoms with Crippen molar-refractivity contribution in [2.75, 3.05) is 0 Å². The SMILES string of the molecule is C[C@H](Oc1cccc(Cl)c1)C(=O)NCc1ccncc1. The molecule has 104 valence electrons. The molecule has 2 aromatic rings. The molecule has 1 heterocycles. The predicted molar refractivity (Wildman–Crippen MR) is 77.6 cm³/mol. The number of ether oxygens (including phenoxy) is 1. The Kier molecular flexibility index (Phi) is 4.96. The Labute approximate surface area is 122 Å². The summed E-state index contributed by atoms with van der Waals surface area (Å²) in [6, 6.07) is 10.7. The highest BCUT2D eigenvalue weighted by atomic mass is 35.5. The highest BCUT2D eigenvalue weighted by Crippen LogP contribution is 2.18. The molecule has 0 unspecified atom stereocenters. The number of carbonyl (C=O) groups is 1. The van der Waals surface area contributed by atoms with E-state index in [-0.39, 0.29) is 5.91 Å². The van der Waals surface area contributed by atoms with Gasteiger partial charge >= 0.3 is 0 Å². The van der Waals surface area contributed by atoms with Crippen LogP contribution in [0.25, 0.3) is 0 Å². The molecule has 0 aliphatic carbocycles. The first kappa shape index (κ1) is 14.3. The minimum absolute atomic E-state index is 0.179. The third-order valence-electron chi connectivity index (χ3n) is 2.69. The van der Waals surface area contributed by atoms with Gasteiger partial charge in [0.05, 0.1) is 0 Å². The molecular weight excluding hydrogens is 276 g/mol. The number of rotatable bonds is 5. The summed E-state index contributed by atoms with van der Waals surface area (Å²) in [5, 5.41) is 3.38. The zero-order chi connectivity index (χ0) is 14.4. The summed E-state index contributed by atoms with van der Waals surface area (Å²) in [6.07, 6.45) is 2.79. The summed E-state index contributed by atoms with van der Waals surface area (Å²) in [5.74, 6) is 0.394. The molecule has 0 aliphatic rings. The van der Waals surface area contributed by atoms with E-state index < -0.39 is 6.10 Å². The summed E-state index contributed by atoms with van der Waals surface area (Å²) < 4.78 is 5.54. The Balaban J connectivity index is 1.86. The van der Waals surface area contributed by atoms with Crippen LogP contribution in [0, 0.1) is 0 Å². The molecule has 20 heavy (non-hydrogen) atoms. The molecule has 0 bridgehead atoms. The van der Waals surface area contributed by atoms with Crippen molar-refractivity contribution >= 4 is 17.5 Å². The number of hydrogen-bond acceptors (Lipinski definition) is 3. The van der Waals surface area contributed by atoms with Crippen LogP contribution in [0.2, 0.25) is 5.02 Å². The van der Waals surface area contributed by atoms with Crippen LogP contribution in [0.1, 0.15) is 12.5 Å². The quantitative estimate of drug-likeness (QED) is 0.921. The molecule has 2 rings (SSSR count). The topological polar surface area (TPSA) is 51.2 Å². The highest BCUT2D eigenvalue weighted by Gasteiger charge is 2.14. The maximum absolute atomic E-state index is 11.9. The molecule has 5 heteroatoms. The summed E-state index contributed by atoms with van der Waals surface area (Å²) in [4.78, 5) is 15.8. The standard InChI is InChI=1S/C15H15ClN2O2/c1-11(20-14-4-2-3-13(16)9-14)15(19)18-10-12-5-7-17-8-6-12/h2-9,11H,10H2,1H3,(H,18,19)/t11-/m0/s1. The second kappa shape index (κ2) is 6.91. The van der Waals surface area contributed by atoms with E-state index in [0.717, 1.165) is 5.56 Å². The number of benzene rings is 1. The highest BCUT2D eigenvalue weighted by molar-refractivity contribution is 6.30. The number of aromatic nitrogens is 1. The van der Waals surface area contributed by atoms with Crippen LogP contribution in [-0.4, -0.2) is 17.0 Å². The van der Waals surface area contributed by atoms with Gasteiger partial charge in [0.1, 0.15) is 5.75 Å². The molecular formula is C15H15ClN2O2. The summed E-state index contributed by atoms with van der Waals surface area (Å²) in [7, 11) is 0. The fourth-order valence-corrected chi connectivity index (χ4v) is 1.81. The van der Waals surface area contributed by atoms with Gasteiger partial charge < -0.3 is 10.1 Å². The van der Waals surface area contributed by atoms with Crippen molar-refractivity contribution in [1.29, 1.82) is 0 Å². The average molecular weight is 291 g/mol. The zero-order valence-corrected chi connectivity index (χ0v) is 11.8. The molecule has 0 saturated heterocycles. The van der Waals surface area contributed by atoms with Crippen LogP contribution >= 0.6 is 11.6 Å². The van der Waals surface area contributed by atoms with E-state index in [1.54, 1.807) is 43.6 Å². The van der Waals surface area contributed by atoms with E-state index in [2.05, 4.69) is 10.3 Å². The lowest BCUT2D eigenvalue weighted by Gasteiger charge is -2.14. The minimum Gasteiger partial charge on any atom is -0.481 e. The van der Waals surface area contributed by atoms with Gasteiger partial charge in [-0.05, 0) is 42.8 Å². The van der Waals surface area contributed by atoms with Crippen molar-refractivity contribution in [2.45, 2.75) is 19.6 Å². The molecule has 0 aliphatic heterocycles. The summed E-state index contributed by atoms with van der Waals surface area (Å²) in [6.45, 7) is 2.15. The van der Waals surface area contributed by atoms with Crippen LogP contribution in [0.4, 0.5) is 0 Å². The maximum Gasteiger partial charge on any atom is 0.261 e. The Hall–Kier alpha value is -2.07. The number of halogens is 1. The van der Waals surface area contributed by atoms with E-state index in [1.807, 2.05) is 12.1 Å². The third kappa shape index (κ3) is 4.24. The fraction of sp³-hybridized carbons (Fsp3) is 0.200. The Bertz CT molecular complexity index is 575. The van der Waals surface area contributed by atoms with Gasteiger partial charge in [0.25, 0.3) is 5.91 Å². The minimum atomic E-state index is -0.588. The van der Waals surface area contributed by atoms with Gasteiger partial charge in [-0.3, -0.25) is 9.78 Å². The normalized spacial score (nSPS) is 11.7. The monoisotopic (exact) mass is 290 g/mol. The number of carbonyl (C=O) groups excluding carboxylic acids is 1. The summed E-state index contributed by atoms with van der Waals surface area (Å²) >= 11 is 5.86. The number of amides is 1. The molecule has 1 aromatic heterocycles. The molecule has 0 fully saturated rings. The van der Waals surface area contributed by atoms with Gasteiger partial charge in [-0.2, -0.15) is 0 Å². The van der Waals surface area contributed by atoms with Gasteiger partial charge in [0.2, 0.25) is 0 Å². The van der Waals surface area contributed by atoms with Crippen molar-refractivity contribution in [3.63, 3.8) is 0 Å². The van der Waals surface area contributed by atoms with E-state index in [4.69, 9.17) is 16.3 Å². The van der Waals surface area contributed by atoms with E-state index in [9.17, 15) is 4.79 Å². The van der Waals surface area contributed by atoms with Crippen LogP contribution in [0.5, 0.6) is 5.75 Å². The smallest absolute Gasteiger partial charge is 0.261 e. The lowest BCUT2D eigenvalue weighted by molar-refractivity contribution is -0.127. The van der Waals surface area contributed by atoms with Crippen LogP contribution in [0.3, 0.4) is 0 Å². The van der Waals surface area contributed by atoms with Crippen molar-refractivity contribution in [3.8, 4) is 5.75 Å². The van der Waals surface area contributed by atoms with Gasteiger partial charge in [0.15, 0.2) is 6.10 Å². The van der Waals surface area contributed by atoms with Crippen molar-refractivity contribution < 1.29 is 9.53 Å². The number of hydrogen-bond donors (Lipinski definition) is 1. The second-order valence-electron chi connectivity index (χ2n) is 4.29. The maximum atomic E-state index is 11.9. The third-order valence-corrected chi connectivity index (χ3v) is 2.93. The van der Waals surface area contributed by atoms with Gasteiger partial charge in [-0.1, -0.05) is 17.7 Å². The second-order valence-corrected chi connectivity index (χ2v) is 4.73. The van der Waals surface area contributed by atoms with Gasteiger partial charge in [-0.25, -0.2) is 0 Å². The summed E-state index contributed by atoms with van der Waals surface area (Å²) in [5.41, 5.74) is 0.989. The molecule has 4 nitrogen and oxygen atoms in total. The number of pyridine rings is 1. The molecule has 1 atom stereocenters. The Morgan fingerprint density at radius 2 is 2.10 bits per heavy atom. The van der Waals surface area contributed by atoms with Crippen molar-refractivity contribution in [2.24, 2.45) is 0 Å².